The van der Waals surface area contributed by atoms with Gasteiger partial charge in [-0.25, -0.2) is 4.98 Å². The maximum Gasteiger partial charge on any atom is 0.305 e. The van der Waals surface area contributed by atoms with Crippen molar-refractivity contribution in [3.05, 3.63) is 29.6 Å². The molecule has 0 bridgehead atoms. The van der Waals surface area contributed by atoms with Crippen molar-refractivity contribution >= 4 is 11.9 Å². The number of hydrogen-bond acceptors (Lipinski definition) is 4. The van der Waals surface area contributed by atoms with E-state index in [0.29, 0.717) is 31.7 Å². The molecular formula is C14H18N2O4. The van der Waals surface area contributed by atoms with Crippen molar-refractivity contribution in [2.24, 2.45) is 0 Å². The second kappa shape index (κ2) is 6.00. The first-order valence-electron chi connectivity index (χ1n) is 6.56. The Balaban J connectivity index is 2.15. The molecule has 108 valence electrons. The van der Waals surface area contributed by atoms with Gasteiger partial charge in [-0.05, 0) is 31.9 Å². The summed E-state index contributed by atoms with van der Waals surface area (Å²) in [6.07, 6.45) is 0.891. The highest BCUT2D eigenvalue weighted by molar-refractivity contribution is 5.93. The third-order valence-electron chi connectivity index (χ3n) is 3.44. The normalized spacial score (nSPS) is 17.4. The van der Waals surface area contributed by atoms with Crippen LogP contribution in [0.4, 0.5) is 0 Å². The number of hydrogen-bond donors (Lipinski definition) is 2. The van der Waals surface area contributed by atoms with Gasteiger partial charge >= 0.3 is 5.97 Å². The predicted octanol–water partition coefficient (Wildman–Crippen LogP) is 1.14. The van der Waals surface area contributed by atoms with Crippen molar-refractivity contribution in [1.82, 2.24) is 10.3 Å². The lowest BCUT2D eigenvalue weighted by molar-refractivity contribution is -0.139. The van der Waals surface area contributed by atoms with Crippen LogP contribution < -0.4 is 5.32 Å². The van der Waals surface area contributed by atoms with Crippen LogP contribution in [0.2, 0.25) is 0 Å². The average Bonchev–Trinajstić information content (AvgIpc) is 2.38. The maximum atomic E-state index is 12.2. The average molecular weight is 278 g/mol. The number of nitrogens with zero attached hydrogens (tertiary/aromatic N) is 1. The SMILES string of the molecule is Cc1cccc(C(=O)NC2(CC(=O)O)CCOCC2)n1. The van der Waals surface area contributed by atoms with Crippen LogP contribution in [-0.2, 0) is 9.53 Å². The Hall–Kier alpha value is -1.95. The smallest absolute Gasteiger partial charge is 0.305 e. The van der Waals surface area contributed by atoms with Crippen LogP contribution in [0.15, 0.2) is 18.2 Å². The number of aromatic nitrogens is 1. The molecule has 0 spiro atoms. The Kier molecular flexibility index (Phi) is 4.34. The van der Waals surface area contributed by atoms with Crippen LogP contribution >= 0.6 is 0 Å². The number of carbonyl (C=O) groups is 2. The first kappa shape index (κ1) is 14.5. The highest BCUT2D eigenvalue weighted by Crippen LogP contribution is 2.25. The Bertz CT molecular complexity index is 510. The lowest BCUT2D eigenvalue weighted by atomic mass is 9.86. The highest BCUT2D eigenvalue weighted by Gasteiger charge is 2.36. The molecule has 2 N–H and O–H groups in total. The first-order chi connectivity index (χ1) is 9.51. The van der Waals surface area contributed by atoms with Crippen molar-refractivity contribution < 1.29 is 19.4 Å². The van der Waals surface area contributed by atoms with Crippen LogP contribution in [0, 0.1) is 6.92 Å². The van der Waals surface area contributed by atoms with Gasteiger partial charge in [0, 0.05) is 18.9 Å². The number of aliphatic carboxylic acids is 1. The number of amides is 1. The largest absolute Gasteiger partial charge is 0.481 e. The van der Waals surface area contributed by atoms with Gasteiger partial charge in [0.15, 0.2) is 0 Å². The summed E-state index contributed by atoms with van der Waals surface area (Å²) in [5.41, 5.74) is 0.310. The van der Waals surface area contributed by atoms with Crippen LogP contribution in [0.5, 0.6) is 0 Å². The van der Waals surface area contributed by atoms with Gasteiger partial charge in [0.2, 0.25) is 0 Å². The molecule has 2 heterocycles. The molecule has 0 radical (unpaired) electrons. The van der Waals surface area contributed by atoms with E-state index in [9.17, 15) is 9.59 Å². The Labute approximate surface area is 117 Å². The van der Waals surface area contributed by atoms with E-state index in [1.165, 1.54) is 0 Å². The quantitative estimate of drug-likeness (QED) is 0.862. The molecule has 1 amide bonds. The Morgan fingerprint density at radius 1 is 1.40 bits per heavy atom. The fourth-order valence-electron chi connectivity index (χ4n) is 2.37. The zero-order chi connectivity index (χ0) is 14.6. The monoisotopic (exact) mass is 278 g/mol. The number of carboxylic acid groups (broad SMARTS) is 1. The second-order valence-corrected chi connectivity index (χ2v) is 5.08. The molecule has 6 nitrogen and oxygen atoms in total. The van der Waals surface area contributed by atoms with Crippen molar-refractivity contribution in [3.63, 3.8) is 0 Å². The number of rotatable bonds is 4. The summed E-state index contributed by atoms with van der Waals surface area (Å²) in [5, 5.41) is 11.9. The zero-order valence-electron chi connectivity index (χ0n) is 11.4. The van der Waals surface area contributed by atoms with Gasteiger partial charge in [0.1, 0.15) is 5.69 Å². The van der Waals surface area contributed by atoms with Gasteiger partial charge in [0.05, 0.1) is 12.0 Å². The molecule has 0 unspecified atom stereocenters. The van der Waals surface area contributed by atoms with Crippen LogP contribution in [0.1, 0.15) is 35.4 Å². The molecule has 1 saturated heterocycles. The number of nitrogens with one attached hydrogen (secondary N) is 1. The molecule has 1 aliphatic heterocycles. The summed E-state index contributed by atoms with van der Waals surface area (Å²) >= 11 is 0. The van der Waals surface area contributed by atoms with Crippen molar-refractivity contribution in [3.8, 4) is 0 Å². The number of carboxylic acids is 1. The molecule has 0 aromatic carbocycles. The summed E-state index contributed by atoms with van der Waals surface area (Å²) in [7, 11) is 0. The zero-order valence-corrected chi connectivity index (χ0v) is 11.4. The van der Waals surface area contributed by atoms with E-state index in [-0.39, 0.29) is 12.3 Å². The standard InChI is InChI=1S/C14H18N2O4/c1-10-3-2-4-11(15-10)13(19)16-14(9-12(17)18)5-7-20-8-6-14/h2-4H,5-9H2,1H3,(H,16,19)(H,17,18). The summed E-state index contributed by atoms with van der Waals surface area (Å²) < 4.78 is 5.25. The summed E-state index contributed by atoms with van der Waals surface area (Å²) in [4.78, 5) is 27.4. The van der Waals surface area contributed by atoms with Crippen molar-refractivity contribution in [1.29, 1.82) is 0 Å². The van der Waals surface area contributed by atoms with E-state index in [2.05, 4.69) is 10.3 Å². The summed E-state index contributed by atoms with van der Waals surface area (Å²) in [6, 6.07) is 5.18. The first-order valence-corrected chi connectivity index (χ1v) is 6.56. The molecule has 20 heavy (non-hydrogen) atoms. The number of aryl methyl sites for hydroxylation is 1. The fraction of sp³-hybridized carbons (Fsp3) is 0.500. The van der Waals surface area contributed by atoms with Gasteiger partial charge < -0.3 is 15.2 Å². The van der Waals surface area contributed by atoms with E-state index >= 15 is 0 Å². The topological polar surface area (TPSA) is 88.5 Å². The number of carbonyl (C=O) groups excluding carboxylic acids is 1. The van der Waals surface area contributed by atoms with E-state index in [1.807, 2.05) is 0 Å². The molecule has 1 aromatic rings. The second-order valence-electron chi connectivity index (χ2n) is 5.08. The fourth-order valence-corrected chi connectivity index (χ4v) is 2.37. The van der Waals surface area contributed by atoms with Crippen molar-refractivity contribution in [2.75, 3.05) is 13.2 Å². The Morgan fingerprint density at radius 3 is 2.70 bits per heavy atom. The third kappa shape index (κ3) is 3.54. The lowest BCUT2D eigenvalue weighted by Gasteiger charge is -2.36. The van der Waals surface area contributed by atoms with Gasteiger partial charge in [-0.2, -0.15) is 0 Å². The van der Waals surface area contributed by atoms with Gasteiger partial charge in [-0.3, -0.25) is 9.59 Å². The van der Waals surface area contributed by atoms with E-state index in [1.54, 1.807) is 25.1 Å². The van der Waals surface area contributed by atoms with Crippen LogP contribution in [0.3, 0.4) is 0 Å². The summed E-state index contributed by atoms with van der Waals surface area (Å²) in [5.74, 6) is -1.26. The minimum absolute atomic E-state index is 0.103. The molecule has 0 aliphatic carbocycles. The highest BCUT2D eigenvalue weighted by atomic mass is 16.5. The van der Waals surface area contributed by atoms with Crippen LogP contribution in [0.25, 0.3) is 0 Å². The molecule has 1 fully saturated rings. The Morgan fingerprint density at radius 2 is 2.10 bits per heavy atom. The lowest BCUT2D eigenvalue weighted by Crippen LogP contribution is -2.53. The van der Waals surface area contributed by atoms with E-state index in [4.69, 9.17) is 9.84 Å². The molecule has 0 atom stereocenters. The maximum absolute atomic E-state index is 12.2. The minimum Gasteiger partial charge on any atom is -0.481 e. The number of pyridine rings is 1. The molecule has 1 aliphatic rings. The number of ether oxygens (including phenoxy) is 1. The van der Waals surface area contributed by atoms with E-state index in [0.717, 1.165) is 5.69 Å². The molecule has 1 aromatic heterocycles. The molecule has 6 heteroatoms. The molecular weight excluding hydrogens is 260 g/mol. The van der Waals surface area contributed by atoms with Crippen molar-refractivity contribution in [2.45, 2.75) is 31.7 Å². The molecule has 0 saturated carbocycles. The predicted molar refractivity (Wildman–Crippen MR) is 71.5 cm³/mol. The third-order valence-corrected chi connectivity index (χ3v) is 3.44. The van der Waals surface area contributed by atoms with E-state index < -0.39 is 11.5 Å². The van der Waals surface area contributed by atoms with Gasteiger partial charge in [0.25, 0.3) is 5.91 Å². The van der Waals surface area contributed by atoms with Gasteiger partial charge in [-0.15, -0.1) is 0 Å². The van der Waals surface area contributed by atoms with Gasteiger partial charge in [-0.1, -0.05) is 6.07 Å². The summed E-state index contributed by atoms with van der Waals surface area (Å²) in [6.45, 7) is 2.71. The minimum atomic E-state index is -0.926. The van der Waals surface area contributed by atoms with Crippen LogP contribution in [-0.4, -0.2) is 40.7 Å². The molecule has 2 rings (SSSR count).